The smallest absolute Gasteiger partial charge is 0.257 e. The lowest BCUT2D eigenvalue weighted by atomic mass is 10.1. The minimum Gasteiger partial charge on any atom is -0.307 e. The fourth-order valence-electron chi connectivity index (χ4n) is 1.50. The average Bonchev–Trinajstić information content (AvgIpc) is 2.32. The van der Waals surface area contributed by atoms with Gasteiger partial charge in [0.1, 0.15) is 5.82 Å². The van der Waals surface area contributed by atoms with Gasteiger partial charge in [-0.05, 0) is 36.8 Å². The monoisotopic (exact) mass is 280 g/mol. The number of pyridine rings is 1. The van der Waals surface area contributed by atoms with Gasteiger partial charge in [0, 0.05) is 21.8 Å². The molecular formula is C13H10Cl2N2O. The minimum atomic E-state index is -0.259. The molecule has 0 fully saturated rings. The van der Waals surface area contributed by atoms with Crippen molar-refractivity contribution in [1.82, 2.24) is 4.98 Å². The number of benzene rings is 1. The number of hydrogen-bond acceptors (Lipinski definition) is 2. The molecule has 2 aromatic rings. The van der Waals surface area contributed by atoms with E-state index in [2.05, 4.69) is 10.3 Å². The molecule has 0 saturated carbocycles. The van der Waals surface area contributed by atoms with Crippen LogP contribution in [0.3, 0.4) is 0 Å². The van der Waals surface area contributed by atoms with Crippen LogP contribution >= 0.6 is 23.2 Å². The number of aromatic nitrogens is 1. The number of hydrogen-bond donors (Lipinski definition) is 1. The van der Waals surface area contributed by atoms with Gasteiger partial charge in [0.2, 0.25) is 0 Å². The van der Waals surface area contributed by atoms with Crippen LogP contribution in [-0.2, 0) is 0 Å². The van der Waals surface area contributed by atoms with Gasteiger partial charge in [0.05, 0.1) is 0 Å². The van der Waals surface area contributed by atoms with Crippen LogP contribution < -0.4 is 5.32 Å². The second kappa shape index (κ2) is 5.38. The molecule has 0 unspecified atom stereocenters. The Balaban J connectivity index is 2.24. The van der Waals surface area contributed by atoms with Gasteiger partial charge in [-0.15, -0.1) is 0 Å². The van der Waals surface area contributed by atoms with Gasteiger partial charge in [-0.25, -0.2) is 4.98 Å². The topological polar surface area (TPSA) is 42.0 Å². The molecule has 1 amide bonds. The summed E-state index contributed by atoms with van der Waals surface area (Å²) in [6.45, 7) is 1.84. The zero-order chi connectivity index (χ0) is 13.1. The van der Waals surface area contributed by atoms with Crippen molar-refractivity contribution in [2.45, 2.75) is 6.92 Å². The third-order valence-corrected chi connectivity index (χ3v) is 2.88. The second-order valence-corrected chi connectivity index (χ2v) is 4.65. The van der Waals surface area contributed by atoms with Crippen molar-refractivity contribution in [2.75, 3.05) is 5.32 Å². The van der Waals surface area contributed by atoms with Crippen molar-refractivity contribution >= 4 is 34.9 Å². The first kappa shape index (κ1) is 12.9. The number of nitrogens with zero attached hydrogens (tertiary/aromatic N) is 1. The molecule has 0 aliphatic carbocycles. The number of carbonyl (C=O) groups excluding carboxylic acids is 1. The van der Waals surface area contributed by atoms with E-state index in [1.54, 1.807) is 30.3 Å². The largest absolute Gasteiger partial charge is 0.307 e. The number of anilines is 1. The molecule has 0 bridgehead atoms. The zero-order valence-corrected chi connectivity index (χ0v) is 11.1. The highest BCUT2D eigenvalue weighted by Crippen LogP contribution is 2.18. The van der Waals surface area contributed by atoms with E-state index >= 15 is 0 Å². The van der Waals surface area contributed by atoms with E-state index in [9.17, 15) is 4.79 Å². The lowest BCUT2D eigenvalue weighted by molar-refractivity contribution is 0.102. The summed E-state index contributed by atoms with van der Waals surface area (Å²) in [4.78, 5) is 16.1. The summed E-state index contributed by atoms with van der Waals surface area (Å²) in [7, 11) is 0. The molecule has 2 rings (SSSR count). The normalized spacial score (nSPS) is 10.2. The van der Waals surface area contributed by atoms with Crippen molar-refractivity contribution in [3.8, 4) is 0 Å². The molecule has 0 aliphatic heterocycles. The Morgan fingerprint density at radius 1 is 1.17 bits per heavy atom. The van der Waals surface area contributed by atoms with Crippen LogP contribution in [0.1, 0.15) is 15.9 Å². The van der Waals surface area contributed by atoms with Crippen LogP contribution in [0.15, 0.2) is 36.5 Å². The third kappa shape index (κ3) is 3.00. The average molecular weight is 281 g/mol. The van der Waals surface area contributed by atoms with Crippen molar-refractivity contribution < 1.29 is 4.79 Å². The molecule has 5 heteroatoms. The van der Waals surface area contributed by atoms with Crippen LogP contribution in [0.5, 0.6) is 0 Å². The van der Waals surface area contributed by atoms with Gasteiger partial charge in [-0.1, -0.05) is 29.3 Å². The molecule has 0 radical (unpaired) electrons. The summed E-state index contributed by atoms with van der Waals surface area (Å²) in [5.74, 6) is 0.150. The summed E-state index contributed by atoms with van der Waals surface area (Å²) in [5.41, 5.74) is 1.36. The zero-order valence-electron chi connectivity index (χ0n) is 9.58. The number of aryl methyl sites for hydroxylation is 1. The van der Waals surface area contributed by atoms with E-state index < -0.39 is 0 Å². The minimum absolute atomic E-state index is 0.259. The maximum Gasteiger partial charge on any atom is 0.257 e. The number of carbonyl (C=O) groups is 1. The summed E-state index contributed by atoms with van der Waals surface area (Å²) >= 11 is 11.7. The molecule has 0 saturated heterocycles. The Kier molecular flexibility index (Phi) is 3.84. The third-order valence-electron chi connectivity index (χ3n) is 2.41. The van der Waals surface area contributed by atoms with Gasteiger partial charge in [-0.3, -0.25) is 4.79 Å². The highest BCUT2D eigenvalue weighted by atomic mass is 35.5. The fourth-order valence-corrected chi connectivity index (χ4v) is 1.83. The van der Waals surface area contributed by atoms with Crippen LogP contribution in [0.2, 0.25) is 10.0 Å². The Morgan fingerprint density at radius 3 is 2.61 bits per heavy atom. The summed E-state index contributed by atoms with van der Waals surface area (Å²) < 4.78 is 0. The number of nitrogens with one attached hydrogen (secondary N) is 1. The first-order valence-electron chi connectivity index (χ1n) is 5.25. The molecule has 1 heterocycles. The first-order chi connectivity index (χ1) is 8.56. The van der Waals surface area contributed by atoms with Gasteiger partial charge in [0.15, 0.2) is 0 Å². The van der Waals surface area contributed by atoms with E-state index in [0.29, 0.717) is 21.4 Å². The maximum atomic E-state index is 12.0. The molecule has 1 N–H and O–H groups in total. The molecule has 0 aliphatic rings. The van der Waals surface area contributed by atoms with Gasteiger partial charge >= 0.3 is 0 Å². The van der Waals surface area contributed by atoms with Crippen LogP contribution in [0.25, 0.3) is 0 Å². The standard InChI is InChI=1S/C13H10Cl2N2O/c1-8-2-3-9(14)6-11(8)13(18)17-12-7-10(15)4-5-16-12/h2-7H,1H3,(H,16,17,18). The number of amides is 1. The van der Waals surface area contributed by atoms with E-state index in [0.717, 1.165) is 5.56 Å². The fraction of sp³-hybridized carbons (Fsp3) is 0.0769. The lowest BCUT2D eigenvalue weighted by Gasteiger charge is -2.07. The van der Waals surface area contributed by atoms with Gasteiger partial charge in [0.25, 0.3) is 5.91 Å². The number of rotatable bonds is 2. The molecule has 92 valence electrons. The van der Waals surface area contributed by atoms with Crippen LogP contribution in [0, 0.1) is 6.92 Å². The Labute approximate surface area is 115 Å². The number of halogens is 2. The SMILES string of the molecule is Cc1ccc(Cl)cc1C(=O)Nc1cc(Cl)ccn1. The van der Waals surface area contributed by atoms with Crippen LogP contribution in [0.4, 0.5) is 5.82 Å². The quantitative estimate of drug-likeness (QED) is 0.905. The molecule has 1 aromatic carbocycles. The maximum absolute atomic E-state index is 12.0. The van der Waals surface area contributed by atoms with Gasteiger partial charge < -0.3 is 5.32 Å². The highest BCUT2D eigenvalue weighted by Gasteiger charge is 2.10. The van der Waals surface area contributed by atoms with E-state index in [-0.39, 0.29) is 5.91 Å². The summed E-state index contributed by atoms with van der Waals surface area (Å²) in [6, 6.07) is 8.38. The Bertz CT molecular complexity index is 599. The Morgan fingerprint density at radius 2 is 1.89 bits per heavy atom. The molecule has 3 nitrogen and oxygen atoms in total. The van der Waals surface area contributed by atoms with Crippen molar-refractivity contribution in [3.05, 3.63) is 57.7 Å². The Hall–Kier alpha value is -1.58. The molecule has 0 atom stereocenters. The molecule has 18 heavy (non-hydrogen) atoms. The molecular weight excluding hydrogens is 271 g/mol. The predicted molar refractivity (Wildman–Crippen MR) is 73.4 cm³/mol. The van der Waals surface area contributed by atoms with Crippen LogP contribution in [-0.4, -0.2) is 10.9 Å². The predicted octanol–water partition coefficient (Wildman–Crippen LogP) is 3.95. The van der Waals surface area contributed by atoms with E-state index in [1.807, 2.05) is 6.92 Å². The summed E-state index contributed by atoms with van der Waals surface area (Å²) in [6.07, 6.45) is 1.53. The van der Waals surface area contributed by atoms with Crippen molar-refractivity contribution in [3.63, 3.8) is 0 Å². The summed E-state index contributed by atoms with van der Waals surface area (Å²) in [5, 5.41) is 3.71. The molecule has 1 aromatic heterocycles. The first-order valence-corrected chi connectivity index (χ1v) is 6.01. The van der Waals surface area contributed by atoms with E-state index in [1.165, 1.54) is 6.20 Å². The van der Waals surface area contributed by atoms with Gasteiger partial charge in [-0.2, -0.15) is 0 Å². The van der Waals surface area contributed by atoms with E-state index in [4.69, 9.17) is 23.2 Å². The van der Waals surface area contributed by atoms with Crippen molar-refractivity contribution in [2.24, 2.45) is 0 Å². The van der Waals surface area contributed by atoms with Crippen molar-refractivity contribution in [1.29, 1.82) is 0 Å². The second-order valence-electron chi connectivity index (χ2n) is 3.77. The lowest BCUT2D eigenvalue weighted by Crippen LogP contribution is -2.14. The highest BCUT2D eigenvalue weighted by molar-refractivity contribution is 6.31. The molecule has 0 spiro atoms.